The summed E-state index contributed by atoms with van der Waals surface area (Å²) in [5.74, 6) is 0.0244. The van der Waals surface area contributed by atoms with Gasteiger partial charge in [-0.25, -0.2) is 0 Å². The average Bonchev–Trinajstić information content (AvgIpc) is 2.51. The zero-order chi connectivity index (χ0) is 9.84. The van der Waals surface area contributed by atoms with Gasteiger partial charge in [0, 0.05) is 11.4 Å². The molecule has 1 rings (SSSR count). The van der Waals surface area contributed by atoms with Crippen molar-refractivity contribution in [3.8, 4) is 0 Å². The summed E-state index contributed by atoms with van der Waals surface area (Å²) in [4.78, 5) is 11.5. The van der Waals surface area contributed by atoms with Gasteiger partial charge < -0.3 is 10.1 Å². The normalized spacial score (nSPS) is 30.1. The first-order valence-electron chi connectivity index (χ1n) is 4.65. The first kappa shape index (κ1) is 11.0. The third-order valence-corrected chi connectivity index (χ3v) is 3.12. The molecule has 1 heterocycles. The van der Waals surface area contributed by atoms with Gasteiger partial charge in [0.05, 0.1) is 6.10 Å². The van der Waals surface area contributed by atoms with Gasteiger partial charge in [-0.2, -0.15) is 0 Å². The Bertz CT molecular complexity index is 186. The summed E-state index contributed by atoms with van der Waals surface area (Å²) in [6.07, 6.45) is 1.84. The lowest BCUT2D eigenvalue weighted by molar-refractivity contribution is -0.132. The van der Waals surface area contributed by atoms with E-state index in [0.717, 1.165) is 18.2 Å². The molecule has 1 aliphatic heterocycles. The van der Waals surface area contributed by atoms with Gasteiger partial charge in [0.25, 0.3) is 0 Å². The summed E-state index contributed by atoms with van der Waals surface area (Å²) in [6, 6.07) is 0.173. The van der Waals surface area contributed by atoms with Gasteiger partial charge in [-0.15, -0.1) is 0 Å². The number of alkyl halides is 1. The van der Waals surface area contributed by atoms with Crippen LogP contribution in [0.2, 0.25) is 0 Å². The Morgan fingerprint density at radius 1 is 1.69 bits per heavy atom. The summed E-state index contributed by atoms with van der Waals surface area (Å²) < 4.78 is 5.44. The summed E-state index contributed by atoms with van der Waals surface area (Å²) in [5, 5.41) is 3.66. The van der Waals surface area contributed by atoms with Crippen molar-refractivity contribution in [3.63, 3.8) is 0 Å². The molecule has 0 aromatic rings. The van der Waals surface area contributed by atoms with E-state index in [1.54, 1.807) is 0 Å². The monoisotopic (exact) mass is 249 g/mol. The third kappa shape index (κ3) is 3.27. The van der Waals surface area contributed by atoms with Gasteiger partial charge >= 0.3 is 0 Å². The first-order valence-corrected chi connectivity index (χ1v) is 5.77. The van der Waals surface area contributed by atoms with E-state index in [1.807, 2.05) is 13.8 Å². The van der Waals surface area contributed by atoms with Gasteiger partial charge in [0.1, 0.15) is 6.10 Å². The van der Waals surface area contributed by atoms with Crippen molar-refractivity contribution in [2.75, 3.05) is 5.33 Å². The Balaban J connectivity index is 2.31. The molecule has 13 heavy (non-hydrogen) atoms. The highest BCUT2D eigenvalue weighted by Gasteiger charge is 2.28. The van der Waals surface area contributed by atoms with Gasteiger partial charge in [-0.1, -0.05) is 15.9 Å². The van der Waals surface area contributed by atoms with Gasteiger partial charge in [0.15, 0.2) is 0 Å². The van der Waals surface area contributed by atoms with Crippen molar-refractivity contribution in [2.45, 2.75) is 44.9 Å². The van der Waals surface area contributed by atoms with Crippen LogP contribution in [0.5, 0.6) is 0 Å². The molecule has 1 saturated heterocycles. The number of carbonyl (C=O) groups excluding carboxylic acids is 1. The Morgan fingerprint density at radius 3 is 2.85 bits per heavy atom. The second-order valence-electron chi connectivity index (χ2n) is 3.58. The molecule has 0 saturated carbocycles. The van der Waals surface area contributed by atoms with Gasteiger partial charge in [0.2, 0.25) is 5.91 Å². The minimum atomic E-state index is -0.225. The molecule has 1 amide bonds. The van der Waals surface area contributed by atoms with Crippen LogP contribution in [0, 0.1) is 0 Å². The molecule has 1 N–H and O–H groups in total. The highest BCUT2D eigenvalue weighted by atomic mass is 79.9. The van der Waals surface area contributed by atoms with Crippen molar-refractivity contribution in [1.82, 2.24) is 5.32 Å². The third-order valence-electron chi connectivity index (χ3n) is 2.14. The molecule has 0 aromatic carbocycles. The second-order valence-corrected chi connectivity index (χ2v) is 4.22. The Labute approximate surface area is 87.3 Å². The quantitative estimate of drug-likeness (QED) is 0.770. The maximum Gasteiger partial charge on any atom is 0.249 e. The van der Waals surface area contributed by atoms with Crippen LogP contribution in [0.3, 0.4) is 0 Å². The van der Waals surface area contributed by atoms with Crippen molar-refractivity contribution in [3.05, 3.63) is 0 Å². The SMILES string of the molecule is CC(CBr)NC(=O)C1CCC(C)O1. The lowest BCUT2D eigenvalue weighted by Gasteiger charge is -2.15. The molecule has 3 atom stereocenters. The fourth-order valence-electron chi connectivity index (χ4n) is 1.37. The average molecular weight is 250 g/mol. The summed E-state index contributed by atoms with van der Waals surface area (Å²) in [6.45, 7) is 3.96. The van der Waals surface area contributed by atoms with E-state index in [2.05, 4.69) is 21.2 Å². The predicted molar refractivity (Wildman–Crippen MR) is 55.0 cm³/mol. The van der Waals surface area contributed by atoms with Gasteiger partial charge in [-0.05, 0) is 26.7 Å². The molecule has 0 radical (unpaired) electrons. The minimum absolute atomic E-state index is 0.0244. The molecule has 0 bridgehead atoms. The van der Waals surface area contributed by atoms with Crippen LogP contribution in [0.1, 0.15) is 26.7 Å². The number of nitrogens with one attached hydrogen (secondary N) is 1. The Hall–Kier alpha value is -0.0900. The van der Waals surface area contributed by atoms with Crippen LogP contribution in [-0.2, 0) is 9.53 Å². The van der Waals surface area contributed by atoms with Crippen molar-refractivity contribution >= 4 is 21.8 Å². The van der Waals surface area contributed by atoms with E-state index in [-0.39, 0.29) is 24.2 Å². The zero-order valence-corrected chi connectivity index (χ0v) is 9.63. The number of ether oxygens (including phenoxy) is 1. The topological polar surface area (TPSA) is 38.3 Å². The number of carbonyl (C=O) groups is 1. The number of hydrogen-bond acceptors (Lipinski definition) is 2. The van der Waals surface area contributed by atoms with Gasteiger partial charge in [-0.3, -0.25) is 4.79 Å². The lowest BCUT2D eigenvalue weighted by atomic mass is 10.2. The van der Waals surface area contributed by atoms with E-state index in [0.29, 0.717) is 0 Å². The van der Waals surface area contributed by atoms with Crippen molar-refractivity contribution in [2.24, 2.45) is 0 Å². The number of rotatable bonds is 3. The standard InChI is InChI=1S/C9H16BrNO2/c1-6(5-10)11-9(12)8-4-3-7(2)13-8/h6-8H,3-5H2,1-2H3,(H,11,12). The molecular weight excluding hydrogens is 234 g/mol. The molecule has 0 aliphatic carbocycles. The number of hydrogen-bond donors (Lipinski definition) is 1. The maximum absolute atomic E-state index is 11.5. The molecular formula is C9H16BrNO2. The Morgan fingerprint density at radius 2 is 2.38 bits per heavy atom. The predicted octanol–water partition coefficient (Wildman–Crippen LogP) is 1.45. The molecule has 76 valence electrons. The maximum atomic E-state index is 11.5. The summed E-state index contributed by atoms with van der Waals surface area (Å²) in [7, 11) is 0. The molecule has 1 aliphatic rings. The molecule has 3 unspecified atom stereocenters. The first-order chi connectivity index (χ1) is 6.13. The van der Waals surface area contributed by atoms with Crippen LogP contribution in [0.4, 0.5) is 0 Å². The highest BCUT2D eigenvalue weighted by molar-refractivity contribution is 9.09. The fourth-order valence-corrected chi connectivity index (χ4v) is 1.53. The number of halogens is 1. The van der Waals surface area contributed by atoms with Crippen LogP contribution in [0.25, 0.3) is 0 Å². The number of amides is 1. The summed E-state index contributed by atoms with van der Waals surface area (Å²) >= 11 is 3.31. The van der Waals surface area contributed by atoms with E-state index in [4.69, 9.17) is 4.74 Å². The minimum Gasteiger partial charge on any atom is -0.365 e. The van der Waals surface area contributed by atoms with Crippen LogP contribution >= 0.6 is 15.9 Å². The molecule has 3 nitrogen and oxygen atoms in total. The van der Waals surface area contributed by atoms with Crippen molar-refractivity contribution in [1.29, 1.82) is 0 Å². The largest absolute Gasteiger partial charge is 0.365 e. The molecule has 0 spiro atoms. The molecule has 0 aromatic heterocycles. The highest BCUT2D eigenvalue weighted by Crippen LogP contribution is 2.19. The Kier molecular flexibility index (Phi) is 4.19. The van der Waals surface area contributed by atoms with Crippen LogP contribution < -0.4 is 5.32 Å². The van der Waals surface area contributed by atoms with E-state index in [1.165, 1.54) is 0 Å². The fraction of sp³-hybridized carbons (Fsp3) is 0.889. The van der Waals surface area contributed by atoms with E-state index < -0.39 is 0 Å². The van der Waals surface area contributed by atoms with Crippen LogP contribution in [-0.4, -0.2) is 29.5 Å². The van der Waals surface area contributed by atoms with E-state index in [9.17, 15) is 4.79 Å². The van der Waals surface area contributed by atoms with E-state index >= 15 is 0 Å². The van der Waals surface area contributed by atoms with Crippen molar-refractivity contribution < 1.29 is 9.53 Å². The summed E-state index contributed by atoms with van der Waals surface area (Å²) in [5.41, 5.74) is 0. The lowest BCUT2D eigenvalue weighted by Crippen LogP contribution is -2.40. The van der Waals surface area contributed by atoms with Crippen LogP contribution in [0.15, 0.2) is 0 Å². The zero-order valence-electron chi connectivity index (χ0n) is 8.05. The second kappa shape index (κ2) is 4.96. The molecule has 4 heteroatoms. The smallest absolute Gasteiger partial charge is 0.249 e. The molecule has 1 fully saturated rings.